The van der Waals surface area contributed by atoms with E-state index in [2.05, 4.69) is 43.4 Å². The van der Waals surface area contributed by atoms with Gasteiger partial charge >= 0.3 is 0 Å². The first-order valence-electron chi connectivity index (χ1n) is 8.81. The summed E-state index contributed by atoms with van der Waals surface area (Å²) in [5.41, 5.74) is 3.41. The molecule has 0 saturated carbocycles. The molecule has 1 aliphatic heterocycles. The number of hydrogen-bond donors (Lipinski definition) is 2. The molecule has 1 aromatic rings. The highest BCUT2D eigenvalue weighted by Crippen LogP contribution is 2.26. The average molecular weight is 320 g/mol. The highest BCUT2D eigenvalue weighted by Gasteiger charge is 2.27. The summed E-state index contributed by atoms with van der Waals surface area (Å²) in [6, 6.07) is 0. The van der Waals surface area contributed by atoms with Gasteiger partial charge in [-0.3, -0.25) is 9.48 Å². The number of piperidine rings is 1. The Morgan fingerprint density at radius 3 is 2.61 bits per heavy atom. The molecule has 23 heavy (non-hydrogen) atoms. The summed E-state index contributed by atoms with van der Waals surface area (Å²) in [5.74, 6) is 0.662. The predicted octanol–water partition coefficient (Wildman–Crippen LogP) is 2.20. The van der Waals surface area contributed by atoms with Crippen LogP contribution in [0.2, 0.25) is 0 Å². The van der Waals surface area contributed by atoms with Gasteiger partial charge in [0, 0.05) is 24.3 Å². The minimum Gasteiger partial charge on any atom is -0.355 e. The molecule has 1 amide bonds. The predicted molar refractivity (Wildman–Crippen MR) is 93.5 cm³/mol. The first-order chi connectivity index (χ1) is 10.8. The Hall–Kier alpha value is -1.36. The van der Waals surface area contributed by atoms with Gasteiger partial charge in [0.05, 0.1) is 12.1 Å². The van der Waals surface area contributed by atoms with Gasteiger partial charge in [-0.2, -0.15) is 5.10 Å². The summed E-state index contributed by atoms with van der Waals surface area (Å²) in [6.45, 7) is 14.5. The normalized spacial score (nSPS) is 17.5. The van der Waals surface area contributed by atoms with Gasteiger partial charge < -0.3 is 10.6 Å². The standard InChI is InChI=1S/C18H32N4O/c1-13(2)11-22-15(4)16(14(3)21-22)10-17(23)20-12-18(5)6-8-19-9-7-18/h13,19H,6-12H2,1-5H3,(H,20,23). The number of rotatable bonds is 6. The van der Waals surface area contributed by atoms with E-state index in [0.29, 0.717) is 12.3 Å². The zero-order valence-electron chi connectivity index (χ0n) is 15.3. The second kappa shape index (κ2) is 7.47. The van der Waals surface area contributed by atoms with E-state index in [1.54, 1.807) is 0 Å². The molecule has 130 valence electrons. The Kier molecular flexibility index (Phi) is 5.84. The third kappa shape index (κ3) is 4.80. The minimum absolute atomic E-state index is 0.111. The number of nitrogens with one attached hydrogen (secondary N) is 2. The molecule has 1 aromatic heterocycles. The summed E-state index contributed by atoms with van der Waals surface area (Å²) in [4.78, 5) is 12.4. The van der Waals surface area contributed by atoms with Crippen LogP contribution >= 0.6 is 0 Å². The summed E-state index contributed by atoms with van der Waals surface area (Å²) in [5, 5.41) is 11.1. The average Bonchev–Trinajstić information content (AvgIpc) is 2.73. The van der Waals surface area contributed by atoms with Gasteiger partial charge in [-0.05, 0) is 51.1 Å². The van der Waals surface area contributed by atoms with Crippen molar-refractivity contribution in [2.24, 2.45) is 11.3 Å². The molecule has 5 nitrogen and oxygen atoms in total. The quantitative estimate of drug-likeness (QED) is 0.845. The zero-order chi connectivity index (χ0) is 17.0. The van der Waals surface area contributed by atoms with E-state index in [1.807, 2.05) is 11.6 Å². The summed E-state index contributed by atoms with van der Waals surface area (Å²) >= 11 is 0. The molecule has 2 rings (SSSR count). The van der Waals surface area contributed by atoms with Crippen LogP contribution in [0.4, 0.5) is 0 Å². The third-order valence-corrected chi connectivity index (χ3v) is 4.93. The van der Waals surface area contributed by atoms with Gasteiger partial charge in [0.2, 0.25) is 5.91 Å². The molecule has 0 spiro atoms. The maximum atomic E-state index is 12.4. The molecule has 5 heteroatoms. The molecule has 0 atom stereocenters. The third-order valence-electron chi connectivity index (χ3n) is 4.93. The molecule has 0 aliphatic carbocycles. The molecule has 1 saturated heterocycles. The van der Waals surface area contributed by atoms with Crippen molar-refractivity contribution in [1.82, 2.24) is 20.4 Å². The van der Waals surface area contributed by atoms with Gasteiger partial charge in [-0.15, -0.1) is 0 Å². The fraction of sp³-hybridized carbons (Fsp3) is 0.778. The van der Waals surface area contributed by atoms with E-state index in [0.717, 1.165) is 56.0 Å². The van der Waals surface area contributed by atoms with Crippen LogP contribution in [0.15, 0.2) is 0 Å². The highest BCUT2D eigenvalue weighted by molar-refractivity contribution is 5.79. The van der Waals surface area contributed by atoms with Crippen molar-refractivity contribution in [1.29, 1.82) is 0 Å². The molecule has 0 bridgehead atoms. The van der Waals surface area contributed by atoms with Crippen LogP contribution in [0, 0.1) is 25.2 Å². The van der Waals surface area contributed by atoms with Crippen LogP contribution < -0.4 is 10.6 Å². The number of carbonyl (C=O) groups excluding carboxylic acids is 1. The maximum absolute atomic E-state index is 12.4. The SMILES string of the molecule is Cc1nn(CC(C)C)c(C)c1CC(=O)NCC1(C)CCNCC1. The molecule has 0 aromatic carbocycles. The molecule has 0 radical (unpaired) electrons. The number of hydrogen-bond acceptors (Lipinski definition) is 3. The van der Waals surface area contributed by atoms with Crippen molar-refractivity contribution in [2.75, 3.05) is 19.6 Å². The Balaban J connectivity index is 1.93. The van der Waals surface area contributed by atoms with Crippen molar-refractivity contribution in [3.63, 3.8) is 0 Å². The number of carbonyl (C=O) groups is 1. The van der Waals surface area contributed by atoms with E-state index in [9.17, 15) is 4.79 Å². The van der Waals surface area contributed by atoms with E-state index < -0.39 is 0 Å². The van der Waals surface area contributed by atoms with Crippen LogP contribution in [0.5, 0.6) is 0 Å². The summed E-state index contributed by atoms with van der Waals surface area (Å²) in [6.07, 6.45) is 2.68. The van der Waals surface area contributed by atoms with Crippen LogP contribution in [0.3, 0.4) is 0 Å². The Morgan fingerprint density at radius 2 is 2.00 bits per heavy atom. The number of amides is 1. The zero-order valence-corrected chi connectivity index (χ0v) is 15.3. The maximum Gasteiger partial charge on any atom is 0.224 e. The smallest absolute Gasteiger partial charge is 0.224 e. The lowest BCUT2D eigenvalue weighted by Gasteiger charge is -2.34. The van der Waals surface area contributed by atoms with Gasteiger partial charge in [0.15, 0.2) is 0 Å². The number of aryl methyl sites for hydroxylation is 1. The van der Waals surface area contributed by atoms with E-state index in [1.165, 1.54) is 0 Å². The van der Waals surface area contributed by atoms with Crippen LogP contribution in [-0.4, -0.2) is 35.3 Å². The Labute approximate surface area is 140 Å². The molecule has 1 fully saturated rings. The molecular weight excluding hydrogens is 288 g/mol. The van der Waals surface area contributed by atoms with Crippen molar-refractivity contribution >= 4 is 5.91 Å². The number of aromatic nitrogens is 2. The van der Waals surface area contributed by atoms with Gasteiger partial charge in [-0.1, -0.05) is 20.8 Å². The van der Waals surface area contributed by atoms with Gasteiger partial charge in [-0.25, -0.2) is 0 Å². The topological polar surface area (TPSA) is 59.0 Å². The Bertz CT molecular complexity index is 541. The molecule has 1 aliphatic rings. The van der Waals surface area contributed by atoms with Crippen molar-refractivity contribution < 1.29 is 4.79 Å². The lowest BCUT2D eigenvalue weighted by atomic mass is 9.81. The molecule has 2 heterocycles. The number of nitrogens with zero attached hydrogens (tertiary/aromatic N) is 2. The summed E-state index contributed by atoms with van der Waals surface area (Å²) < 4.78 is 2.04. The fourth-order valence-corrected chi connectivity index (χ4v) is 3.26. The first-order valence-corrected chi connectivity index (χ1v) is 8.81. The highest BCUT2D eigenvalue weighted by atomic mass is 16.1. The van der Waals surface area contributed by atoms with E-state index >= 15 is 0 Å². The fourth-order valence-electron chi connectivity index (χ4n) is 3.26. The second-order valence-electron chi connectivity index (χ2n) is 7.74. The Morgan fingerprint density at radius 1 is 1.35 bits per heavy atom. The first kappa shape index (κ1) is 18.0. The lowest BCUT2D eigenvalue weighted by molar-refractivity contribution is -0.121. The summed E-state index contributed by atoms with van der Waals surface area (Å²) in [7, 11) is 0. The molecular formula is C18H32N4O. The van der Waals surface area contributed by atoms with E-state index in [-0.39, 0.29) is 11.3 Å². The van der Waals surface area contributed by atoms with Gasteiger partial charge in [0.25, 0.3) is 0 Å². The monoisotopic (exact) mass is 320 g/mol. The lowest BCUT2D eigenvalue weighted by Crippen LogP contribution is -2.43. The minimum atomic E-state index is 0.111. The van der Waals surface area contributed by atoms with Gasteiger partial charge in [0.1, 0.15) is 0 Å². The van der Waals surface area contributed by atoms with Crippen LogP contribution in [-0.2, 0) is 17.8 Å². The van der Waals surface area contributed by atoms with Crippen LogP contribution in [0.1, 0.15) is 50.6 Å². The van der Waals surface area contributed by atoms with Crippen molar-refractivity contribution in [2.45, 2.75) is 60.4 Å². The van der Waals surface area contributed by atoms with Crippen molar-refractivity contribution in [3.05, 3.63) is 17.0 Å². The second-order valence-corrected chi connectivity index (χ2v) is 7.74. The molecule has 2 N–H and O–H groups in total. The van der Waals surface area contributed by atoms with E-state index in [4.69, 9.17) is 0 Å². The van der Waals surface area contributed by atoms with Crippen LogP contribution in [0.25, 0.3) is 0 Å². The van der Waals surface area contributed by atoms with Crippen molar-refractivity contribution in [3.8, 4) is 0 Å². The molecule has 0 unspecified atom stereocenters. The largest absolute Gasteiger partial charge is 0.355 e.